The molecule has 5 aromatic rings. The average Bonchev–Trinajstić information content (AvgIpc) is 3.69. The number of hydrogen-bond donors (Lipinski definition) is 2. The Morgan fingerprint density at radius 2 is 1.94 bits per heavy atom. The van der Waals surface area contributed by atoms with Gasteiger partial charge in [-0.3, -0.25) is 4.79 Å². The minimum atomic E-state index is -3.58. The van der Waals surface area contributed by atoms with E-state index in [4.69, 9.17) is 14.8 Å². The summed E-state index contributed by atoms with van der Waals surface area (Å²) < 4.78 is 66.1. The lowest BCUT2D eigenvalue weighted by Crippen LogP contribution is -2.27. The van der Waals surface area contributed by atoms with Gasteiger partial charge >= 0.3 is 5.97 Å². The van der Waals surface area contributed by atoms with E-state index >= 15 is 8.78 Å². The van der Waals surface area contributed by atoms with Crippen LogP contribution in [0.4, 0.5) is 8.78 Å². The number of hydrogen-bond acceptors (Lipinski definition) is 6. The zero-order valence-electron chi connectivity index (χ0n) is 27.8. The topological polar surface area (TPSA) is 127 Å². The summed E-state index contributed by atoms with van der Waals surface area (Å²) in [5.41, 5.74) is 2.25. The summed E-state index contributed by atoms with van der Waals surface area (Å²) in [4.78, 5) is 19.1. The van der Waals surface area contributed by atoms with Crippen LogP contribution in [0.2, 0.25) is 0 Å². The summed E-state index contributed by atoms with van der Waals surface area (Å²) in [7, 11) is -3.58. The molecule has 1 aliphatic heterocycles. The Morgan fingerprint density at radius 1 is 1.12 bits per heavy atom. The Hall–Kier alpha value is -4.58. The molecule has 2 aromatic heterocycles. The van der Waals surface area contributed by atoms with Gasteiger partial charge in [0.15, 0.2) is 33.1 Å². The van der Waals surface area contributed by atoms with Gasteiger partial charge in [-0.15, -0.1) is 0 Å². The number of aryl methyl sites for hydroxylation is 3. The van der Waals surface area contributed by atoms with Crippen molar-refractivity contribution in [2.24, 2.45) is 5.41 Å². The van der Waals surface area contributed by atoms with E-state index in [1.165, 1.54) is 24.3 Å². The predicted molar refractivity (Wildman–Crippen MR) is 184 cm³/mol. The number of carboxylic acid groups (broad SMARTS) is 1. The number of fused-ring (bicyclic) bond motifs is 8. The molecule has 0 amide bonds. The van der Waals surface area contributed by atoms with Gasteiger partial charge in [0.1, 0.15) is 11.6 Å². The van der Waals surface area contributed by atoms with Crippen LogP contribution in [-0.2, 0) is 34.0 Å². The van der Waals surface area contributed by atoms with Crippen molar-refractivity contribution in [3.05, 3.63) is 94.9 Å². The van der Waals surface area contributed by atoms with Crippen molar-refractivity contribution in [1.82, 2.24) is 19.7 Å². The van der Waals surface area contributed by atoms with E-state index in [0.717, 1.165) is 11.1 Å². The summed E-state index contributed by atoms with van der Waals surface area (Å²) >= 11 is 0. The molecule has 0 fully saturated rings. The Labute approximate surface area is 284 Å². The zero-order chi connectivity index (χ0) is 34.9. The third kappa shape index (κ3) is 7.69. The Bertz CT molecular complexity index is 2120. The van der Waals surface area contributed by atoms with Crippen LogP contribution in [-0.4, -0.2) is 50.7 Å². The van der Waals surface area contributed by atoms with Crippen molar-refractivity contribution in [3.63, 3.8) is 0 Å². The fourth-order valence-electron chi connectivity index (χ4n) is 6.81. The minimum absolute atomic E-state index is 0.00816. The molecule has 0 spiro atoms. The van der Waals surface area contributed by atoms with Crippen molar-refractivity contribution in [2.75, 3.05) is 11.5 Å². The van der Waals surface area contributed by atoms with Gasteiger partial charge in [0.05, 0.1) is 17.1 Å². The first-order chi connectivity index (χ1) is 23.3. The van der Waals surface area contributed by atoms with E-state index in [-0.39, 0.29) is 47.3 Å². The molecular weight excluding hydrogens is 650 g/mol. The molecule has 49 heavy (non-hydrogen) atoms. The van der Waals surface area contributed by atoms with Crippen LogP contribution < -0.4 is 4.74 Å². The second-order valence-corrected chi connectivity index (χ2v) is 15.7. The first-order valence-corrected chi connectivity index (χ1v) is 18.4. The molecule has 0 saturated heterocycles. The fraction of sp³-hybridized carbons (Fsp3) is 0.378. The lowest BCUT2D eigenvalue weighted by atomic mass is 9.85. The van der Waals surface area contributed by atoms with Crippen LogP contribution in [0.5, 0.6) is 11.5 Å². The van der Waals surface area contributed by atoms with Gasteiger partial charge in [-0.2, -0.15) is 5.10 Å². The number of H-pyrrole nitrogens is 1. The van der Waals surface area contributed by atoms with E-state index in [2.05, 4.69) is 4.98 Å². The number of benzene rings is 3. The SMILES string of the molecule is CCn1nc2nc1-c1cc(ccc1F)Oc1c(F)cc3[nH]ccc3c1CCS(=O)(=O)CC(C)(C)CCCC2c1cccc(CCC(=O)O)c1. The number of sulfone groups is 1. The van der Waals surface area contributed by atoms with Gasteiger partial charge in [0.25, 0.3) is 0 Å². The summed E-state index contributed by atoms with van der Waals surface area (Å²) in [6.45, 7) is 6.14. The first kappa shape index (κ1) is 34.3. The molecule has 1 unspecified atom stereocenters. The van der Waals surface area contributed by atoms with E-state index in [1.54, 1.807) is 16.9 Å². The van der Waals surface area contributed by atoms with E-state index < -0.39 is 32.9 Å². The molecule has 1 aliphatic rings. The van der Waals surface area contributed by atoms with Crippen LogP contribution in [0.3, 0.4) is 0 Å². The van der Waals surface area contributed by atoms with Crippen LogP contribution >= 0.6 is 0 Å². The van der Waals surface area contributed by atoms with Gasteiger partial charge in [-0.05, 0) is 73.4 Å². The zero-order valence-corrected chi connectivity index (χ0v) is 28.6. The monoisotopic (exact) mass is 690 g/mol. The highest BCUT2D eigenvalue weighted by Crippen LogP contribution is 2.39. The normalized spacial score (nSPS) is 17.9. The highest BCUT2D eigenvalue weighted by molar-refractivity contribution is 7.91. The molecule has 4 bridgehead atoms. The fourth-order valence-corrected chi connectivity index (χ4v) is 8.80. The van der Waals surface area contributed by atoms with Crippen LogP contribution in [0.25, 0.3) is 22.3 Å². The smallest absolute Gasteiger partial charge is 0.303 e. The van der Waals surface area contributed by atoms with Gasteiger partial charge < -0.3 is 14.8 Å². The van der Waals surface area contributed by atoms with Crippen molar-refractivity contribution >= 4 is 26.7 Å². The average molecular weight is 691 g/mol. The largest absolute Gasteiger partial charge is 0.481 e. The second kappa shape index (κ2) is 13.7. The van der Waals surface area contributed by atoms with E-state index in [1.807, 2.05) is 45.0 Å². The van der Waals surface area contributed by atoms with Gasteiger partial charge in [0, 0.05) is 47.6 Å². The summed E-state index contributed by atoms with van der Waals surface area (Å²) in [5, 5.41) is 14.7. The molecule has 3 heterocycles. The number of nitrogens with one attached hydrogen (secondary N) is 1. The Morgan fingerprint density at radius 3 is 2.71 bits per heavy atom. The highest BCUT2D eigenvalue weighted by Gasteiger charge is 2.30. The molecule has 9 nitrogen and oxygen atoms in total. The number of aliphatic carboxylic acids is 1. The molecular formula is C37H40F2N4O5S. The number of nitrogens with zero attached hydrogens (tertiary/aromatic N) is 3. The van der Waals surface area contributed by atoms with E-state index in [0.29, 0.717) is 60.3 Å². The van der Waals surface area contributed by atoms with Gasteiger partial charge in [-0.1, -0.05) is 44.5 Å². The molecule has 2 N–H and O–H groups in total. The summed E-state index contributed by atoms with van der Waals surface area (Å²) in [6.07, 6.45) is 3.88. The standard InChI is InChI=1S/C37H40F2N4O5S/c1-4-43-36-29-20-25(11-12-30(29)38)48-34-28(27-14-17-40-32(27)21-31(34)39)15-18-49(46,47)22-37(2,3)16-6-9-26(35(41-36)42-43)24-8-5-7-23(19-24)10-13-33(44)45/h5,7-8,11-12,14,17,19-21,26,40H,4,6,9-10,13,15-16,18,22H2,1-3H3,(H,44,45). The second-order valence-electron chi connectivity index (χ2n) is 13.5. The lowest BCUT2D eigenvalue weighted by Gasteiger charge is -2.25. The van der Waals surface area contributed by atoms with Crippen LogP contribution in [0.1, 0.15) is 74.9 Å². The molecule has 0 aliphatic carbocycles. The van der Waals surface area contributed by atoms with Crippen molar-refractivity contribution in [2.45, 2.75) is 71.8 Å². The summed E-state index contributed by atoms with van der Waals surface area (Å²) in [5.74, 6) is -1.88. The van der Waals surface area contributed by atoms with Crippen molar-refractivity contribution < 1.29 is 31.8 Å². The number of carboxylic acids is 1. The predicted octanol–water partition coefficient (Wildman–Crippen LogP) is 7.83. The molecule has 1 atom stereocenters. The number of halogens is 2. The van der Waals surface area contributed by atoms with Crippen LogP contribution in [0, 0.1) is 17.0 Å². The molecule has 12 heteroatoms. The molecule has 3 aromatic carbocycles. The number of aromatic amines is 1. The number of carbonyl (C=O) groups is 1. The third-order valence-electron chi connectivity index (χ3n) is 9.17. The quantitative estimate of drug-likeness (QED) is 0.192. The van der Waals surface area contributed by atoms with E-state index in [9.17, 15) is 18.3 Å². The highest BCUT2D eigenvalue weighted by atomic mass is 32.2. The molecule has 0 radical (unpaired) electrons. The molecule has 6 rings (SSSR count). The number of ether oxygens (including phenoxy) is 1. The summed E-state index contributed by atoms with van der Waals surface area (Å²) in [6, 6.07) is 14.8. The van der Waals surface area contributed by atoms with Crippen molar-refractivity contribution in [3.8, 4) is 22.9 Å². The van der Waals surface area contributed by atoms with Crippen molar-refractivity contribution in [1.29, 1.82) is 0 Å². The maximum atomic E-state index is 15.7. The maximum absolute atomic E-state index is 15.7. The number of aromatic nitrogens is 4. The van der Waals surface area contributed by atoms with Crippen LogP contribution in [0.15, 0.2) is 60.8 Å². The third-order valence-corrected chi connectivity index (χ3v) is 11.2. The Kier molecular flexibility index (Phi) is 9.61. The maximum Gasteiger partial charge on any atom is 0.303 e. The van der Waals surface area contributed by atoms with Gasteiger partial charge in [0.2, 0.25) is 0 Å². The number of rotatable bonds is 5. The Balaban J connectivity index is 1.49. The molecule has 0 saturated carbocycles. The van der Waals surface area contributed by atoms with Gasteiger partial charge in [-0.25, -0.2) is 26.9 Å². The molecule has 258 valence electrons. The first-order valence-electron chi connectivity index (χ1n) is 16.5. The lowest BCUT2D eigenvalue weighted by molar-refractivity contribution is -0.136. The minimum Gasteiger partial charge on any atom is -0.481 e.